The largest absolute Gasteiger partial charge is 0.479 e. The summed E-state index contributed by atoms with van der Waals surface area (Å²) in [5.41, 5.74) is -0.910. The lowest BCUT2D eigenvalue weighted by Crippen LogP contribution is -2.52. The summed E-state index contributed by atoms with van der Waals surface area (Å²) in [6.07, 6.45) is 0. The van der Waals surface area contributed by atoms with Gasteiger partial charge in [0, 0.05) is 7.05 Å². The molecular formula is C11H14N2O3. The van der Waals surface area contributed by atoms with Crippen LogP contribution < -0.4 is 10.6 Å². The van der Waals surface area contributed by atoms with Gasteiger partial charge < -0.3 is 15.7 Å². The first kappa shape index (κ1) is 12.0. The Labute approximate surface area is 93.5 Å². The molecule has 0 aliphatic rings. The van der Waals surface area contributed by atoms with Crippen molar-refractivity contribution in [1.82, 2.24) is 10.6 Å². The molecule has 0 saturated carbocycles. The molecule has 5 heteroatoms. The molecule has 3 N–H and O–H groups in total. The Kier molecular flexibility index (Phi) is 3.50. The molecule has 0 saturated heterocycles. The Bertz CT molecular complexity index is 391. The number of carbonyl (C=O) groups is 2. The number of hydrogen-bond acceptors (Lipinski definition) is 2. The number of nitrogens with one attached hydrogen (secondary N) is 2. The highest BCUT2D eigenvalue weighted by Gasteiger charge is 2.36. The van der Waals surface area contributed by atoms with Crippen molar-refractivity contribution < 1.29 is 14.7 Å². The molecule has 0 aromatic heterocycles. The van der Waals surface area contributed by atoms with E-state index in [0.717, 1.165) is 0 Å². The van der Waals surface area contributed by atoms with E-state index in [2.05, 4.69) is 10.6 Å². The molecule has 1 unspecified atom stereocenters. The van der Waals surface area contributed by atoms with Gasteiger partial charge in [0.1, 0.15) is 0 Å². The molecule has 2 amide bonds. The van der Waals surface area contributed by atoms with Crippen LogP contribution in [0.1, 0.15) is 12.5 Å². The third kappa shape index (κ3) is 2.31. The van der Waals surface area contributed by atoms with Crippen molar-refractivity contribution in [1.29, 1.82) is 0 Å². The van der Waals surface area contributed by atoms with Crippen LogP contribution >= 0.6 is 0 Å². The number of aliphatic carboxylic acids is 1. The second-order valence-corrected chi connectivity index (χ2v) is 3.50. The van der Waals surface area contributed by atoms with Crippen LogP contribution in [-0.2, 0) is 10.3 Å². The van der Waals surface area contributed by atoms with Crippen molar-refractivity contribution in [2.75, 3.05) is 7.05 Å². The maximum absolute atomic E-state index is 11.2. The van der Waals surface area contributed by atoms with E-state index in [0.29, 0.717) is 5.56 Å². The van der Waals surface area contributed by atoms with Gasteiger partial charge in [-0.1, -0.05) is 30.3 Å². The summed E-state index contributed by atoms with van der Waals surface area (Å²) in [5.74, 6) is -1.11. The number of carbonyl (C=O) groups excluding carboxylic acids is 1. The standard InChI is InChI=1S/C11H14N2O3/c1-11(9(14)15,13-10(16)12-2)8-6-4-3-5-7-8/h3-7H,1-2H3,(H,14,15)(H2,12,13,16). The van der Waals surface area contributed by atoms with E-state index in [1.54, 1.807) is 30.3 Å². The van der Waals surface area contributed by atoms with Gasteiger partial charge in [-0.15, -0.1) is 0 Å². The van der Waals surface area contributed by atoms with Crippen LogP contribution in [0.5, 0.6) is 0 Å². The van der Waals surface area contributed by atoms with Gasteiger partial charge in [0.15, 0.2) is 5.54 Å². The predicted molar refractivity (Wildman–Crippen MR) is 59.0 cm³/mol. The second kappa shape index (κ2) is 4.65. The van der Waals surface area contributed by atoms with Gasteiger partial charge >= 0.3 is 12.0 Å². The Morgan fingerprint density at radius 1 is 1.25 bits per heavy atom. The minimum absolute atomic E-state index is 0.520. The van der Waals surface area contributed by atoms with Crippen LogP contribution in [0.2, 0.25) is 0 Å². The lowest BCUT2D eigenvalue weighted by molar-refractivity contribution is -0.144. The zero-order chi connectivity index (χ0) is 12.2. The molecule has 1 aromatic carbocycles. The highest BCUT2D eigenvalue weighted by Crippen LogP contribution is 2.20. The zero-order valence-electron chi connectivity index (χ0n) is 9.15. The highest BCUT2D eigenvalue weighted by molar-refractivity contribution is 5.87. The van der Waals surface area contributed by atoms with Crippen LogP contribution in [-0.4, -0.2) is 24.2 Å². The van der Waals surface area contributed by atoms with E-state index < -0.39 is 17.5 Å². The summed E-state index contributed by atoms with van der Waals surface area (Å²) in [7, 11) is 1.43. The van der Waals surface area contributed by atoms with Crippen LogP contribution in [0.3, 0.4) is 0 Å². The molecule has 5 nitrogen and oxygen atoms in total. The van der Waals surface area contributed by atoms with E-state index in [9.17, 15) is 14.7 Å². The molecule has 1 atom stereocenters. The van der Waals surface area contributed by atoms with Crippen LogP contribution in [0.4, 0.5) is 4.79 Å². The molecular weight excluding hydrogens is 208 g/mol. The predicted octanol–water partition coefficient (Wildman–Crippen LogP) is 0.915. The van der Waals surface area contributed by atoms with E-state index in [4.69, 9.17) is 0 Å². The fraction of sp³-hybridized carbons (Fsp3) is 0.273. The summed E-state index contributed by atoms with van der Waals surface area (Å²) >= 11 is 0. The van der Waals surface area contributed by atoms with E-state index >= 15 is 0 Å². The van der Waals surface area contributed by atoms with Crippen molar-refractivity contribution in [3.05, 3.63) is 35.9 Å². The third-order valence-corrected chi connectivity index (χ3v) is 2.37. The fourth-order valence-corrected chi connectivity index (χ4v) is 1.31. The van der Waals surface area contributed by atoms with E-state index in [1.807, 2.05) is 0 Å². The number of benzene rings is 1. The lowest BCUT2D eigenvalue weighted by atomic mass is 9.92. The highest BCUT2D eigenvalue weighted by atomic mass is 16.4. The Balaban J connectivity index is 3.07. The normalized spacial score (nSPS) is 13.6. The van der Waals surface area contributed by atoms with Gasteiger partial charge in [0.25, 0.3) is 0 Å². The summed E-state index contributed by atoms with van der Waals surface area (Å²) in [5, 5.41) is 13.9. The SMILES string of the molecule is CNC(=O)NC(C)(C(=O)O)c1ccccc1. The smallest absolute Gasteiger partial charge is 0.333 e. The molecule has 0 fully saturated rings. The Morgan fingerprint density at radius 2 is 1.81 bits per heavy atom. The number of carboxylic acids is 1. The zero-order valence-corrected chi connectivity index (χ0v) is 9.15. The molecule has 86 valence electrons. The van der Waals surface area contributed by atoms with Gasteiger partial charge in [-0.2, -0.15) is 0 Å². The fourth-order valence-electron chi connectivity index (χ4n) is 1.31. The first-order valence-electron chi connectivity index (χ1n) is 4.79. The number of urea groups is 1. The minimum atomic E-state index is -1.43. The van der Waals surface area contributed by atoms with Crippen molar-refractivity contribution in [3.63, 3.8) is 0 Å². The van der Waals surface area contributed by atoms with Crippen molar-refractivity contribution in [2.24, 2.45) is 0 Å². The maximum atomic E-state index is 11.2. The molecule has 0 bridgehead atoms. The monoisotopic (exact) mass is 222 g/mol. The first-order chi connectivity index (χ1) is 7.50. The number of rotatable bonds is 3. The summed E-state index contributed by atoms with van der Waals surface area (Å²) in [6.45, 7) is 1.44. The Hall–Kier alpha value is -2.04. The number of carboxylic acid groups (broad SMARTS) is 1. The summed E-state index contributed by atoms with van der Waals surface area (Å²) in [4.78, 5) is 22.5. The molecule has 16 heavy (non-hydrogen) atoms. The Morgan fingerprint density at radius 3 is 2.25 bits per heavy atom. The summed E-state index contributed by atoms with van der Waals surface area (Å²) < 4.78 is 0. The van der Waals surface area contributed by atoms with Gasteiger partial charge in [-0.25, -0.2) is 9.59 Å². The topological polar surface area (TPSA) is 78.4 Å². The van der Waals surface area contributed by atoms with Crippen LogP contribution in [0.15, 0.2) is 30.3 Å². The molecule has 1 aromatic rings. The average Bonchev–Trinajstić information content (AvgIpc) is 2.29. The minimum Gasteiger partial charge on any atom is -0.479 e. The molecule has 0 heterocycles. The van der Waals surface area contributed by atoms with Gasteiger partial charge in [0.2, 0.25) is 0 Å². The lowest BCUT2D eigenvalue weighted by Gasteiger charge is -2.26. The van der Waals surface area contributed by atoms with Crippen LogP contribution in [0.25, 0.3) is 0 Å². The second-order valence-electron chi connectivity index (χ2n) is 3.50. The van der Waals surface area contributed by atoms with Crippen LogP contribution in [0, 0.1) is 0 Å². The van der Waals surface area contributed by atoms with Crippen molar-refractivity contribution in [3.8, 4) is 0 Å². The van der Waals surface area contributed by atoms with E-state index in [-0.39, 0.29) is 0 Å². The molecule has 0 radical (unpaired) electrons. The maximum Gasteiger partial charge on any atom is 0.333 e. The van der Waals surface area contributed by atoms with Gasteiger partial charge in [-0.3, -0.25) is 0 Å². The molecule has 0 spiro atoms. The summed E-state index contributed by atoms with van der Waals surface area (Å²) in [6, 6.07) is 8.01. The molecule has 0 aliphatic carbocycles. The first-order valence-corrected chi connectivity index (χ1v) is 4.79. The average molecular weight is 222 g/mol. The van der Waals surface area contributed by atoms with Gasteiger partial charge in [0.05, 0.1) is 0 Å². The molecule has 0 aliphatic heterocycles. The van der Waals surface area contributed by atoms with Crippen molar-refractivity contribution >= 4 is 12.0 Å². The van der Waals surface area contributed by atoms with Crippen molar-refractivity contribution in [2.45, 2.75) is 12.5 Å². The number of amides is 2. The van der Waals surface area contributed by atoms with Gasteiger partial charge in [-0.05, 0) is 12.5 Å². The van der Waals surface area contributed by atoms with E-state index in [1.165, 1.54) is 14.0 Å². The quantitative estimate of drug-likeness (QED) is 0.711. The molecule has 1 rings (SSSR count). The number of hydrogen-bond donors (Lipinski definition) is 3. The third-order valence-electron chi connectivity index (χ3n) is 2.37.